The van der Waals surface area contributed by atoms with Crippen LogP contribution in [0.3, 0.4) is 0 Å². The molecule has 1 N–H and O–H groups in total. The minimum absolute atomic E-state index is 0.0685. The van der Waals surface area contributed by atoms with Gasteiger partial charge in [-0.3, -0.25) is 4.98 Å². The second-order valence-corrected chi connectivity index (χ2v) is 8.83. The number of hydrogen-bond donors (Lipinski definition) is 1. The molecule has 154 valence electrons. The van der Waals surface area contributed by atoms with Crippen molar-refractivity contribution in [3.05, 3.63) is 77.4 Å². The molecule has 0 saturated carbocycles. The number of nitrogens with zero attached hydrogens (tertiary/aromatic N) is 4. The predicted octanol–water partition coefficient (Wildman–Crippen LogP) is 5.40. The highest BCUT2D eigenvalue weighted by Gasteiger charge is 2.50. The van der Waals surface area contributed by atoms with Gasteiger partial charge in [0.15, 0.2) is 5.82 Å². The number of hydrogen-bond acceptors (Lipinski definition) is 5. The molecule has 5 rings (SSSR count). The molecule has 0 fully saturated rings. The van der Waals surface area contributed by atoms with Crippen molar-refractivity contribution in [2.24, 2.45) is 11.8 Å². The zero-order chi connectivity index (χ0) is 21.6. The lowest BCUT2D eigenvalue weighted by molar-refractivity contribution is 0.136. The summed E-state index contributed by atoms with van der Waals surface area (Å²) in [6.45, 7) is 4.23. The predicted molar refractivity (Wildman–Crippen MR) is 119 cm³/mol. The highest BCUT2D eigenvalue weighted by molar-refractivity contribution is 5.69. The molecule has 0 unspecified atom stereocenters. The van der Waals surface area contributed by atoms with E-state index >= 15 is 0 Å². The molecule has 2 aliphatic rings. The van der Waals surface area contributed by atoms with Crippen LogP contribution in [0.1, 0.15) is 37.9 Å². The van der Waals surface area contributed by atoms with Crippen molar-refractivity contribution in [3.63, 3.8) is 0 Å². The lowest BCUT2D eigenvalue weighted by Crippen LogP contribution is -2.45. The molecule has 3 atom stereocenters. The van der Waals surface area contributed by atoms with Crippen molar-refractivity contribution in [2.75, 3.05) is 0 Å². The lowest BCUT2D eigenvalue weighted by Gasteiger charge is -2.48. The second kappa shape index (κ2) is 7.31. The van der Waals surface area contributed by atoms with Gasteiger partial charge in [0.2, 0.25) is 0 Å². The summed E-state index contributed by atoms with van der Waals surface area (Å²) in [5.74, 6) is 1.08. The van der Waals surface area contributed by atoms with Gasteiger partial charge in [0.05, 0.1) is 23.0 Å². The largest absolute Gasteiger partial charge is 0.511 e. The summed E-state index contributed by atoms with van der Waals surface area (Å²) in [5, 5.41) is 20.3. The summed E-state index contributed by atoms with van der Waals surface area (Å²) in [7, 11) is 0. The standard InChI is InChI=1S/C26H24N4O/c1-16-21-9-8-20-22(17-6-4-3-5-7-17)29-25(18-10-12-28-13-11-18)30-24(20)26(21,2)14-19(15-27)23(16)31/h3-7,10-13,16,21,31H,8-9,14H2,1-2H3/t16-,21+,26-/m1/s1. The van der Waals surface area contributed by atoms with Crippen LogP contribution >= 0.6 is 0 Å². The average molecular weight is 409 g/mol. The zero-order valence-corrected chi connectivity index (χ0v) is 17.7. The molecule has 3 aromatic rings. The van der Waals surface area contributed by atoms with Gasteiger partial charge in [0, 0.05) is 40.4 Å². The molecule has 0 aliphatic heterocycles. The number of benzene rings is 1. The Morgan fingerprint density at radius 1 is 1.06 bits per heavy atom. The Hall–Kier alpha value is -3.52. The number of aromatic nitrogens is 3. The Morgan fingerprint density at radius 3 is 2.52 bits per heavy atom. The fourth-order valence-electron chi connectivity index (χ4n) is 5.49. The third-order valence-electron chi connectivity index (χ3n) is 7.08. The third-order valence-corrected chi connectivity index (χ3v) is 7.08. The first-order valence-electron chi connectivity index (χ1n) is 10.7. The molecule has 2 aliphatic carbocycles. The summed E-state index contributed by atoms with van der Waals surface area (Å²) in [4.78, 5) is 14.2. The first-order valence-corrected chi connectivity index (χ1v) is 10.7. The van der Waals surface area contributed by atoms with Gasteiger partial charge in [-0.05, 0) is 37.3 Å². The van der Waals surface area contributed by atoms with Crippen molar-refractivity contribution in [3.8, 4) is 28.7 Å². The normalized spacial score (nSPS) is 24.8. The third kappa shape index (κ3) is 3.02. The van der Waals surface area contributed by atoms with Crippen LogP contribution in [0.25, 0.3) is 22.6 Å². The molecule has 2 heterocycles. The molecule has 0 radical (unpaired) electrons. The quantitative estimate of drug-likeness (QED) is 0.614. The van der Waals surface area contributed by atoms with Crippen LogP contribution in [0.4, 0.5) is 0 Å². The van der Waals surface area contributed by atoms with Gasteiger partial charge in [-0.2, -0.15) is 5.26 Å². The maximum Gasteiger partial charge on any atom is 0.160 e. The number of pyridine rings is 1. The minimum atomic E-state index is -0.335. The van der Waals surface area contributed by atoms with Crippen molar-refractivity contribution >= 4 is 0 Å². The van der Waals surface area contributed by atoms with Gasteiger partial charge in [-0.15, -0.1) is 0 Å². The Bertz CT molecular complexity index is 1210. The number of nitriles is 1. The van der Waals surface area contributed by atoms with Crippen LogP contribution in [-0.4, -0.2) is 20.1 Å². The fraction of sp³-hybridized carbons (Fsp3) is 0.308. The number of rotatable bonds is 2. The molecule has 0 spiro atoms. The van der Waals surface area contributed by atoms with Crippen molar-refractivity contribution in [2.45, 2.75) is 38.5 Å². The SMILES string of the molecule is C[C@H]1C(O)=C(C#N)C[C@@]2(C)c3nc(-c4ccncc4)nc(-c4ccccc4)c3CC[C@@H]12. The highest BCUT2D eigenvalue weighted by Crippen LogP contribution is 2.53. The highest BCUT2D eigenvalue weighted by atomic mass is 16.3. The van der Waals surface area contributed by atoms with Gasteiger partial charge < -0.3 is 5.11 Å². The lowest BCUT2D eigenvalue weighted by atomic mass is 9.56. The van der Waals surface area contributed by atoms with Crippen LogP contribution in [0.5, 0.6) is 0 Å². The van der Waals surface area contributed by atoms with Crippen LogP contribution in [0.2, 0.25) is 0 Å². The fourth-order valence-corrected chi connectivity index (χ4v) is 5.49. The van der Waals surface area contributed by atoms with Crippen LogP contribution < -0.4 is 0 Å². The zero-order valence-electron chi connectivity index (χ0n) is 17.7. The Morgan fingerprint density at radius 2 is 1.81 bits per heavy atom. The number of allylic oxidation sites excluding steroid dienone is 2. The van der Waals surface area contributed by atoms with Gasteiger partial charge in [0.25, 0.3) is 0 Å². The Labute approximate surface area is 182 Å². The van der Waals surface area contributed by atoms with Crippen molar-refractivity contribution < 1.29 is 5.11 Å². The van der Waals surface area contributed by atoms with E-state index in [1.807, 2.05) is 37.3 Å². The number of aliphatic hydroxyl groups is 1. The minimum Gasteiger partial charge on any atom is -0.511 e. The van der Waals surface area contributed by atoms with E-state index in [1.54, 1.807) is 12.4 Å². The van der Waals surface area contributed by atoms with E-state index in [4.69, 9.17) is 9.97 Å². The molecular weight excluding hydrogens is 384 g/mol. The molecule has 5 nitrogen and oxygen atoms in total. The van der Waals surface area contributed by atoms with E-state index in [1.165, 1.54) is 0 Å². The molecule has 31 heavy (non-hydrogen) atoms. The molecule has 2 aromatic heterocycles. The summed E-state index contributed by atoms with van der Waals surface area (Å²) in [6, 6.07) is 16.3. The molecule has 0 bridgehead atoms. The van der Waals surface area contributed by atoms with E-state index in [0.29, 0.717) is 17.8 Å². The summed E-state index contributed by atoms with van der Waals surface area (Å²) in [5.41, 5.74) is 5.26. The molecule has 0 saturated heterocycles. The monoisotopic (exact) mass is 408 g/mol. The number of fused-ring (bicyclic) bond motifs is 3. The molecule has 1 aromatic carbocycles. The smallest absolute Gasteiger partial charge is 0.160 e. The summed E-state index contributed by atoms with van der Waals surface area (Å²) < 4.78 is 0. The van der Waals surface area contributed by atoms with Gasteiger partial charge in [-0.25, -0.2) is 9.97 Å². The summed E-state index contributed by atoms with van der Waals surface area (Å²) >= 11 is 0. The van der Waals surface area contributed by atoms with E-state index in [0.717, 1.165) is 40.9 Å². The van der Waals surface area contributed by atoms with Crippen LogP contribution in [0.15, 0.2) is 66.2 Å². The topological polar surface area (TPSA) is 82.7 Å². The maximum absolute atomic E-state index is 10.6. The second-order valence-electron chi connectivity index (χ2n) is 8.83. The Kier molecular flexibility index (Phi) is 4.59. The van der Waals surface area contributed by atoms with Gasteiger partial charge >= 0.3 is 0 Å². The molecule has 0 amide bonds. The van der Waals surface area contributed by atoms with E-state index in [2.05, 4.69) is 30.1 Å². The van der Waals surface area contributed by atoms with Crippen LogP contribution in [-0.2, 0) is 11.8 Å². The van der Waals surface area contributed by atoms with Crippen molar-refractivity contribution in [1.82, 2.24) is 15.0 Å². The van der Waals surface area contributed by atoms with E-state index in [9.17, 15) is 10.4 Å². The summed E-state index contributed by atoms with van der Waals surface area (Å²) in [6.07, 6.45) is 5.80. The van der Waals surface area contributed by atoms with Crippen molar-refractivity contribution in [1.29, 1.82) is 5.26 Å². The van der Waals surface area contributed by atoms with E-state index < -0.39 is 0 Å². The Balaban J connectivity index is 1.78. The average Bonchev–Trinajstić information content (AvgIpc) is 2.82. The van der Waals surface area contributed by atoms with Crippen LogP contribution in [0, 0.1) is 23.2 Å². The number of aliphatic hydroxyl groups excluding tert-OH is 1. The molecule has 5 heteroatoms. The first-order chi connectivity index (χ1) is 15.0. The maximum atomic E-state index is 10.6. The first kappa shape index (κ1) is 19.4. The van der Waals surface area contributed by atoms with Gasteiger partial charge in [-0.1, -0.05) is 44.2 Å². The van der Waals surface area contributed by atoms with Gasteiger partial charge in [0.1, 0.15) is 5.76 Å². The molecular formula is C26H24N4O. The van der Waals surface area contributed by atoms with E-state index in [-0.39, 0.29) is 23.0 Å².